The van der Waals surface area contributed by atoms with Gasteiger partial charge in [-0.3, -0.25) is 4.79 Å². The van der Waals surface area contributed by atoms with Gasteiger partial charge in [0.2, 0.25) is 5.91 Å². The minimum atomic E-state index is -0.285. The molecule has 88 valence electrons. The summed E-state index contributed by atoms with van der Waals surface area (Å²) in [5.74, 6) is 0.0772. The highest BCUT2D eigenvalue weighted by atomic mass is 16.3. The lowest BCUT2D eigenvalue weighted by molar-refractivity contribution is -0.129. The lowest BCUT2D eigenvalue weighted by Crippen LogP contribution is -2.61. The molecule has 1 aliphatic carbocycles. The number of amides is 1. The largest absolute Gasteiger partial charge is 0.392 e. The van der Waals surface area contributed by atoms with Crippen molar-refractivity contribution >= 4 is 5.91 Å². The molecule has 2 atom stereocenters. The van der Waals surface area contributed by atoms with Crippen LogP contribution in [0, 0.1) is 5.41 Å². The van der Waals surface area contributed by atoms with E-state index in [0.717, 1.165) is 12.8 Å². The maximum Gasteiger partial charge on any atom is 0.220 e. The molecule has 0 spiro atoms. The van der Waals surface area contributed by atoms with Crippen LogP contribution in [-0.4, -0.2) is 29.7 Å². The molecule has 1 aliphatic rings. The Balaban J connectivity index is 2.22. The molecule has 1 rings (SSSR count). The second-order valence-corrected chi connectivity index (χ2v) is 4.94. The highest BCUT2D eigenvalue weighted by Crippen LogP contribution is 2.40. The minimum absolute atomic E-state index is 0.0772. The van der Waals surface area contributed by atoms with E-state index in [1.54, 1.807) is 0 Å². The van der Waals surface area contributed by atoms with E-state index in [0.29, 0.717) is 19.4 Å². The third kappa shape index (κ3) is 2.92. The molecule has 0 aromatic heterocycles. The van der Waals surface area contributed by atoms with Crippen LogP contribution in [0.25, 0.3) is 0 Å². The standard InChI is InChI=1S/C11H22N2O2/c1-11(2)8(7-9(11)14)13-10(15)5-3-4-6-12/h8-9,14H,3-7,12H2,1-2H3,(H,13,15). The van der Waals surface area contributed by atoms with Crippen LogP contribution in [0.3, 0.4) is 0 Å². The Morgan fingerprint density at radius 2 is 2.20 bits per heavy atom. The SMILES string of the molecule is CC1(C)C(O)CC1NC(=O)CCCCN. The molecule has 0 aromatic carbocycles. The molecule has 1 saturated carbocycles. The summed E-state index contributed by atoms with van der Waals surface area (Å²) in [6.45, 7) is 4.60. The van der Waals surface area contributed by atoms with Crippen molar-refractivity contribution in [2.45, 2.75) is 51.7 Å². The third-order valence-corrected chi connectivity index (χ3v) is 3.41. The van der Waals surface area contributed by atoms with Gasteiger partial charge in [0.1, 0.15) is 0 Å². The molecule has 4 nitrogen and oxygen atoms in total. The first-order valence-electron chi connectivity index (χ1n) is 5.66. The fourth-order valence-electron chi connectivity index (χ4n) is 1.84. The van der Waals surface area contributed by atoms with Gasteiger partial charge in [-0.1, -0.05) is 13.8 Å². The third-order valence-electron chi connectivity index (χ3n) is 3.41. The van der Waals surface area contributed by atoms with Crippen molar-refractivity contribution in [2.24, 2.45) is 11.1 Å². The Hall–Kier alpha value is -0.610. The number of rotatable bonds is 5. The number of hydrogen-bond acceptors (Lipinski definition) is 3. The van der Waals surface area contributed by atoms with Gasteiger partial charge < -0.3 is 16.2 Å². The molecule has 15 heavy (non-hydrogen) atoms. The Morgan fingerprint density at radius 3 is 2.67 bits per heavy atom. The van der Waals surface area contributed by atoms with Gasteiger partial charge in [0.25, 0.3) is 0 Å². The first-order valence-corrected chi connectivity index (χ1v) is 5.66. The lowest BCUT2D eigenvalue weighted by Gasteiger charge is -2.49. The van der Waals surface area contributed by atoms with E-state index >= 15 is 0 Å². The van der Waals surface area contributed by atoms with Crippen molar-refractivity contribution < 1.29 is 9.90 Å². The Labute approximate surface area is 91.2 Å². The topological polar surface area (TPSA) is 75.3 Å². The van der Waals surface area contributed by atoms with Crippen LogP contribution in [0.2, 0.25) is 0 Å². The molecular weight excluding hydrogens is 192 g/mol. The van der Waals surface area contributed by atoms with Crippen LogP contribution in [-0.2, 0) is 4.79 Å². The van der Waals surface area contributed by atoms with Crippen molar-refractivity contribution in [3.63, 3.8) is 0 Å². The summed E-state index contributed by atoms with van der Waals surface area (Å²) in [6, 6.07) is 0.123. The molecule has 0 bridgehead atoms. The van der Waals surface area contributed by atoms with Gasteiger partial charge in [-0.05, 0) is 25.8 Å². The summed E-state index contributed by atoms with van der Waals surface area (Å²) in [6.07, 6.45) is 2.67. The highest BCUT2D eigenvalue weighted by molar-refractivity contribution is 5.76. The Bertz CT molecular complexity index is 229. The zero-order valence-electron chi connectivity index (χ0n) is 9.62. The zero-order chi connectivity index (χ0) is 11.5. The Kier molecular flexibility index (Phi) is 4.11. The molecule has 2 unspecified atom stereocenters. The molecule has 0 heterocycles. The quantitative estimate of drug-likeness (QED) is 0.580. The maximum atomic E-state index is 11.5. The summed E-state index contributed by atoms with van der Waals surface area (Å²) in [5.41, 5.74) is 5.17. The number of unbranched alkanes of at least 4 members (excludes halogenated alkanes) is 1. The molecule has 0 saturated heterocycles. The predicted octanol–water partition coefficient (Wildman–Crippen LogP) is 0.391. The first-order chi connectivity index (χ1) is 6.98. The van der Waals surface area contributed by atoms with Crippen molar-refractivity contribution in [3.8, 4) is 0 Å². The number of hydrogen-bond donors (Lipinski definition) is 3. The fourth-order valence-corrected chi connectivity index (χ4v) is 1.84. The molecular formula is C11H22N2O2. The highest BCUT2D eigenvalue weighted by Gasteiger charge is 2.47. The summed E-state index contributed by atoms with van der Waals surface area (Å²) < 4.78 is 0. The van der Waals surface area contributed by atoms with Gasteiger partial charge in [-0.2, -0.15) is 0 Å². The second-order valence-electron chi connectivity index (χ2n) is 4.94. The van der Waals surface area contributed by atoms with E-state index in [-0.39, 0.29) is 23.5 Å². The maximum absolute atomic E-state index is 11.5. The molecule has 0 aromatic rings. The summed E-state index contributed by atoms with van der Waals surface area (Å²) in [7, 11) is 0. The zero-order valence-corrected chi connectivity index (χ0v) is 9.62. The van der Waals surface area contributed by atoms with Crippen molar-refractivity contribution in [1.82, 2.24) is 5.32 Å². The Morgan fingerprint density at radius 1 is 1.53 bits per heavy atom. The van der Waals surface area contributed by atoms with Crippen LogP contribution >= 0.6 is 0 Å². The molecule has 1 fully saturated rings. The summed E-state index contributed by atoms with van der Waals surface area (Å²) >= 11 is 0. The lowest BCUT2D eigenvalue weighted by atomic mass is 9.64. The van der Waals surface area contributed by atoms with Crippen LogP contribution in [0.5, 0.6) is 0 Å². The van der Waals surface area contributed by atoms with Crippen LogP contribution in [0.4, 0.5) is 0 Å². The summed E-state index contributed by atoms with van der Waals surface area (Å²) in [4.78, 5) is 11.5. The molecule has 0 radical (unpaired) electrons. The number of carbonyl (C=O) groups excluding carboxylic acids is 1. The average Bonchev–Trinajstić information content (AvgIpc) is 2.18. The van der Waals surface area contributed by atoms with E-state index in [1.807, 2.05) is 13.8 Å². The number of nitrogens with one attached hydrogen (secondary N) is 1. The van der Waals surface area contributed by atoms with Crippen LogP contribution < -0.4 is 11.1 Å². The van der Waals surface area contributed by atoms with E-state index < -0.39 is 0 Å². The number of aliphatic hydroxyl groups excluding tert-OH is 1. The molecule has 4 heteroatoms. The smallest absolute Gasteiger partial charge is 0.220 e. The molecule has 0 aliphatic heterocycles. The minimum Gasteiger partial charge on any atom is -0.392 e. The normalized spacial score (nSPS) is 28.3. The number of carbonyl (C=O) groups is 1. The number of aliphatic hydroxyl groups is 1. The number of nitrogens with two attached hydrogens (primary N) is 1. The van der Waals surface area contributed by atoms with E-state index in [2.05, 4.69) is 5.32 Å². The second kappa shape index (κ2) is 4.94. The van der Waals surface area contributed by atoms with Gasteiger partial charge in [0, 0.05) is 17.9 Å². The van der Waals surface area contributed by atoms with Gasteiger partial charge in [0.05, 0.1) is 6.10 Å². The summed E-state index contributed by atoms with van der Waals surface area (Å²) in [5, 5.41) is 12.5. The molecule has 4 N–H and O–H groups in total. The van der Waals surface area contributed by atoms with E-state index in [9.17, 15) is 9.90 Å². The van der Waals surface area contributed by atoms with Crippen molar-refractivity contribution in [1.29, 1.82) is 0 Å². The monoisotopic (exact) mass is 214 g/mol. The van der Waals surface area contributed by atoms with Gasteiger partial charge in [-0.25, -0.2) is 0 Å². The average molecular weight is 214 g/mol. The van der Waals surface area contributed by atoms with Gasteiger partial charge >= 0.3 is 0 Å². The van der Waals surface area contributed by atoms with Crippen LogP contribution in [0.15, 0.2) is 0 Å². The van der Waals surface area contributed by atoms with E-state index in [1.165, 1.54) is 0 Å². The van der Waals surface area contributed by atoms with E-state index in [4.69, 9.17) is 5.73 Å². The van der Waals surface area contributed by atoms with Crippen molar-refractivity contribution in [3.05, 3.63) is 0 Å². The van der Waals surface area contributed by atoms with Gasteiger partial charge in [0.15, 0.2) is 0 Å². The van der Waals surface area contributed by atoms with Crippen molar-refractivity contribution in [2.75, 3.05) is 6.54 Å². The first kappa shape index (κ1) is 12.5. The van der Waals surface area contributed by atoms with Crippen LogP contribution in [0.1, 0.15) is 39.5 Å². The molecule has 1 amide bonds. The fraction of sp³-hybridized carbons (Fsp3) is 0.909. The predicted molar refractivity (Wildman–Crippen MR) is 59.2 cm³/mol. The van der Waals surface area contributed by atoms with Gasteiger partial charge in [-0.15, -0.1) is 0 Å².